The summed E-state index contributed by atoms with van der Waals surface area (Å²) in [6.07, 6.45) is 1.07. The van der Waals surface area contributed by atoms with Crippen LogP contribution in [0.3, 0.4) is 0 Å². The first-order valence-corrected chi connectivity index (χ1v) is 7.90. The van der Waals surface area contributed by atoms with E-state index >= 15 is 0 Å². The number of hydrogen-bond donors (Lipinski definition) is 1. The quantitative estimate of drug-likeness (QED) is 0.915. The van der Waals surface area contributed by atoms with Crippen molar-refractivity contribution in [2.75, 3.05) is 6.26 Å². The van der Waals surface area contributed by atoms with Gasteiger partial charge in [0.25, 0.3) is 0 Å². The summed E-state index contributed by atoms with van der Waals surface area (Å²) in [5.41, 5.74) is 0.248. The third-order valence-corrected chi connectivity index (χ3v) is 5.28. The predicted molar refractivity (Wildman–Crippen MR) is 74.6 cm³/mol. The molecule has 0 aliphatic rings. The van der Waals surface area contributed by atoms with E-state index in [1.165, 1.54) is 26.0 Å². The van der Waals surface area contributed by atoms with Crippen LogP contribution >= 0.6 is 0 Å². The van der Waals surface area contributed by atoms with Gasteiger partial charge in [0.1, 0.15) is 4.75 Å². The van der Waals surface area contributed by atoms with E-state index in [9.17, 15) is 13.2 Å². The number of carbonyl (C=O) groups is 1. The lowest BCUT2D eigenvalue weighted by Crippen LogP contribution is -2.28. The minimum absolute atomic E-state index is 0.00450. The standard InChI is InChI=1S/C13H14N2O5S/c1-13(2,21(3,18)19)12-15-14-10(20-12)8-6-4-5-7-9(8)11(16)17/h4-7H,1-3H3,(H,16,17). The molecule has 0 bridgehead atoms. The van der Waals surface area contributed by atoms with E-state index in [0.29, 0.717) is 0 Å². The molecule has 0 fully saturated rings. The van der Waals surface area contributed by atoms with Crippen LogP contribution in [0, 0.1) is 0 Å². The minimum Gasteiger partial charge on any atom is -0.478 e. The van der Waals surface area contributed by atoms with E-state index in [2.05, 4.69) is 10.2 Å². The van der Waals surface area contributed by atoms with Crippen LogP contribution < -0.4 is 0 Å². The SMILES string of the molecule is CC(C)(c1nnc(-c2ccccc2C(=O)O)o1)S(C)(=O)=O. The summed E-state index contributed by atoms with van der Waals surface area (Å²) in [4.78, 5) is 11.2. The Balaban J connectivity index is 2.54. The van der Waals surface area contributed by atoms with Crippen LogP contribution in [0.25, 0.3) is 11.5 Å². The Morgan fingerprint density at radius 1 is 1.24 bits per heavy atom. The Bertz CT molecular complexity index is 792. The summed E-state index contributed by atoms with van der Waals surface area (Å²) in [6, 6.07) is 6.13. The first-order chi connectivity index (χ1) is 9.64. The molecule has 0 unspecified atom stereocenters. The fourth-order valence-corrected chi connectivity index (χ4v) is 1.99. The monoisotopic (exact) mass is 310 g/mol. The van der Waals surface area contributed by atoms with E-state index in [-0.39, 0.29) is 22.9 Å². The Labute approximate surface area is 121 Å². The Kier molecular flexibility index (Phi) is 3.58. The molecule has 7 nitrogen and oxygen atoms in total. The lowest BCUT2D eigenvalue weighted by atomic mass is 10.1. The maximum absolute atomic E-state index is 11.8. The first kappa shape index (κ1) is 15.2. The molecule has 2 aromatic rings. The molecule has 1 N–H and O–H groups in total. The van der Waals surface area contributed by atoms with Crippen molar-refractivity contribution < 1.29 is 22.7 Å². The van der Waals surface area contributed by atoms with Crippen molar-refractivity contribution in [1.82, 2.24) is 10.2 Å². The molecule has 21 heavy (non-hydrogen) atoms. The lowest BCUT2D eigenvalue weighted by Gasteiger charge is -2.16. The van der Waals surface area contributed by atoms with E-state index in [1.54, 1.807) is 12.1 Å². The molecule has 0 saturated heterocycles. The second kappa shape index (κ2) is 4.96. The van der Waals surface area contributed by atoms with Gasteiger partial charge in [-0.3, -0.25) is 0 Å². The molecule has 8 heteroatoms. The maximum Gasteiger partial charge on any atom is 0.336 e. The number of aromatic carboxylic acids is 1. The number of benzene rings is 1. The molecule has 0 aliphatic heterocycles. The van der Waals surface area contributed by atoms with Crippen molar-refractivity contribution in [3.05, 3.63) is 35.7 Å². The van der Waals surface area contributed by atoms with E-state index < -0.39 is 20.6 Å². The van der Waals surface area contributed by atoms with Gasteiger partial charge in [-0.2, -0.15) is 0 Å². The van der Waals surface area contributed by atoms with E-state index in [1.807, 2.05) is 0 Å². The Hall–Kier alpha value is -2.22. The molecule has 0 aliphatic carbocycles. The molecule has 0 atom stereocenters. The normalized spacial score (nSPS) is 12.3. The molecule has 1 aromatic heterocycles. The largest absolute Gasteiger partial charge is 0.478 e. The van der Waals surface area contributed by atoms with Crippen molar-refractivity contribution in [1.29, 1.82) is 0 Å². The van der Waals surface area contributed by atoms with Gasteiger partial charge in [-0.1, -0.05) is 12.1 Å². The number of sulfone groups is 1. The van der Waals surface area contributed by atoms with Gasteiger partial charge in [0.15, 0.2) is 9.84 Å². The zero-order valence-corrected chi connectivity index (χ0v) is 12.5. The summed E-state index contributed by atoms with van der Waals surface area (Å²) in [5, 5.41) is 16.6. The fourth-order valence-electron chi connectivity index (χ4n) is 1.59. The molecule has 0 amide bonds. The summed E-state index contributed by atoms with van der Waals surface area (Å²) in [5.74, 6) is -1.24. The van der Waals surface area contributed by atoms with Crippen molar-refractivity contribution in [3.8, 4) is 11.5 Å². The Morgan fingerprint density at radius 2 is 1.86 bits per heavy atom. The molecule has 1 heterocycles. The third-order valence-electron chi connectivity index (χ3n) is 3.25. The topological polar surface area (TPSA) is 110 Å². The second-order valence-corrected chi connectivity index (χ2v) is 7.61. The van der Waals surface area contributed by atoms with Crippen molar-refractivity contribution in [2.45, 2.75) is 18.6 Å². The first-order valence-electron chi connectivity index (χ1n) is 6.01. The smallest absolute Gasteiger partial charge is 0.336 e. The zero-order valence-electron chi connectivity index (χ0n) is 11.7. The summed E-state index contributed by atoms with van der Waals surface area (Å²) in [7, 11) is -3.46. The number of hydrogen-bond acceptors (Lipinski definition) is 6. The van der Waals surface area contributed by atoms with Crippen LogP contribution in [0.1, 0.15) is 30.1 Å². The van der Waals surface area contributed by atoms with E-state index in [4.69, 9.17) is 9.52 Å². The molecule has 0 spiro atoms. The van der Waals surface area contributed by atoms with E-state index in [0.717, 1.165) is 6.26 Å². The van der Waals surface area contributed by atoms with Gasteiger partial charge in [0, 0.05) is 6.26 Å². The average molecular weight is 310 g/mol. The molecule has 2 rings (SSSR count). The molecular formula is C13H14N2O5S. The van der Waals surface area contributed by atoms with Crippen LogP contribution in [0.15, 0.2) is 28.7 Å². The number of nitrogens with zero attached hydrogens (tertiary/aromatic N) is 2. The summed E-state index contributed by atoms with van der Waals surface area (Å²) in [6.45, 7) is 2.89. The third kappa shape index (κ3) is 2.66. The number of carboxylic acid groups (broad SMARTS) is 1. The number of aromatic nitrogens is 2. The Morgan fingerprint density at radius 3 is 2.43 bits per heavy atom. The van der Waals surface area contributed by atoms with Crippen molar-refractivity contribution in [3.63, 3.8) is 0 Å². The van der Waals surface area contributed by atoms with Gasteiger partial charge in [-0.25, -0.2) is 13.2 Å². The highest BCUT2D eigenvalue weighted by molar-refractivity contribution is 7.91. The van der Waals surface area contributed by atoms with Gasteiger partial charge < -0.3 is 9.52 Å². The molecular weight excluding hydrogens is 296 g/mol. The van der Waals surface area contributed by atoms with Gasteiger partial charge in [-0.15, -0.1) is 10.2 Å². The number of rotatable bonds is 4. The summed E-state index contributed by atoms with van der Waals surface area (Å²) >= 11 is 0. The van der Waals surface area contributed by atoms with Gasteiger partial charge in [-0.05, 0) is 26.0 Å². The predicted octanol–water partition coefficient (Wildman–Crippen LogP) is 1.71. The van der Waals surface area contributed by atoms with Gasteiger partial charge in [0.2, 0.25) is 11.8 Å². The van der Waals surface area contributed by atoms with Crippen LogP contribution in [-0.4, -0.2) is 35.9 Å². The fraction of sp³-hybridized carbons (Fsp3) is 0.308. The van der Waals surface area contributed by atoms with Crippen molar-refractivity contribution in [2.24, 2.45) is 0 Å². The zero-order chi connectivity index (χ0) is 15.8. The minimum atomic E-state index is -3.46. The van der Waals surface area contributed by atoms with Gasteiger partial charge in [0.05, 0.1) is 11.1 Å². The number of carboxylic acids is 1. The summed E-state index contributed by atoms with van der Waals surface area (Å²) < 4.78 is 27.5. The molecule has 112 valence electrons. The molecule has 1 aromatic carbocycles. The molecule has 0 radical (unpaired) electrons. The van der Waals surface area contributed by atoms with Crippen LogP contribution in [0.5, 0.6) is 0 Å². The molecule has 0 saturated carbocycles. The average Bonchev–Trinajstić information content (AvgIpc) is 2.87. The lowest BCUT2D eigenvalue weighted by molar-refractivity contribution is 0.0697. The highest BCUT2D eigenvalue weighted by Gasteiger charge is 2.38. The van der Waals surface area contributed by atoms with Crippen LogP contribution in [0.2, 0.25) is 0 Å². The van der Waals surface area contributed by atoms with Crippen molar-refractivity contribution >= 4 is 15.8 Å². The van der Waals surface area contributed by atoms with Crippen LogP contribution in [-0.2, 0) is 14.6 Å². The second-order valence-electron chi connectivity index (χ2n) is 5.05. The maximum atomic E-state index is 11.8. The highest BCUT2D eigenvalue weighted by atomic mass is 32.2. The van der Waals surface area contributed by atoms with Crippen LogP contribution in [0.4, 0.5) is 0 Å². The van der Waals surface area contributed by atoms with Gasteiger partial charge >= 0.3 is 5.97 Å². The highest BCUT2D eigenvalue weighted by Crippen LogP contribution is 2.31.